The third kappa shape index (κ3) is 1.74. The van der Waals surface area contributed by atoms with E-state index in [1.165, 1.54) is 24.3 Å². The van der Waals surface area contributed by atoms with Crippen molar-refractivity contribution in [3.63, 3.8) is 0 Å². The summed E-state index contributed by atoms with van der Waals surface area (Å²) >= 11 is 5.89. The number of halogens is 1. The van der Waals surface area contributed by atoms with Crippen molar-refractivity contribution in [2.24, 2.45) is 0 Å². The van der Waals surface area contributed by atoms with E-state index in [1.807, 2.05) is 0 Å². The van der Waals surface area contributed by atoms with Gasteiger partial charge in [0.05, 0.1) is 10.6 Å². The number of carbonyl (C=O) groups is 1. The van der Waals surface area contributed by atoms with Gasteiger partial charge in [-0.05, 0) is 29.7 Å². The van der Waals surface area contributed by atoms with E-state index < -0.39 is 5.97 Å². The number of carboxylic acid groups (broad SMARTS) is 1. The molecule has 0 aromatic heterocycles. The van der Waals surface area contributed by atoms with Crippen molar-refractivity contribution in [1.29, 1.82) is 0 Å². The third-order valence-electron chi connectivity index (χ3n) is 2.13. The van der Waals surface area contributed by atoms with E-state index in [-0.39, 0.29) is 11.3 Å². The van der Waals surface area contributed by atoms with Gasteiger partial charge in [0.2, 0.25) is 0 Å². The molecular formula is C11H7ClO3. The van der Waals surface area contributed by atoms with Crippen molar-refractivity contribution >= 4 is 28.3 Å². The van der Waals surface area contributed by atoms with E-state index in [2.05, 4.69) is 0 Å². The highest BCUT2D eigenvalue weighted by Gasteiger charge is 2.06. The van der Waals surface area contributed by atoms with Gasteiger partial charge in [-0.2, -0.15) is 0 Å². The molecule has 0 aliphatic carbocycles. The van der Waals surface area contributed by atoms with Gasteiger partial charge in [0, 0.05) is 5.39 Å². The molecule has 2 aromatic rings. The molecule has 0 unspecified atom stereocenters. The van der Waals surface area contributed by atoms with Crippen LogP contribution in [-0.4, -0.2) is 16.2 Å². The first-order valence-corrected chi connectivity index (χ1v) is 4.61. The summed E-state index contributed by atoms with van der Waals surface area (Å²) in [6, 6.07) is 7.48. The van der Waals surface area contributed by atoms with Gasteiger partial charge in [0.15, 0.2) is 0 Å². The smallest absolute Gasteiger partial charge is 0.335 e. The van der Waals surface area contributed by atoms with Crippen LogP contribution >= 0.6 is 11.6 Å². The minimum Gasteiger partial charge on any atom is -0.508 e. The quantitative estimate of drug-likeness (QED) is 0.780. The Morgan fingerprint density at radius 1 is 1.20 bits per heavy atom. The molecule has 2 aromatic carbocycles. The first-order valence-electron chi connectivity index (χ1n) is 4.23. The first-order chi connectivity index (χ1) is 7.08. The van der Waals surface area contributed by atoms with Crippen LogP contribution in [0.2, 0.25) is 5.02 Å². The summed E-state index contributed by atoms with van der Waals surface area (Å²) in [6.45, 7) is 0. The number of carboxylic acids is 1. The standard InChI is InChI=1S/C11H7ClO3/c12-10-5-8(13)4-7-3-6(11(14)15)1-2-9(7)10/h1-5,13H,(H,14,15). The van der Waals surface area contributed by atoms with Crippen LogP contribution in [0.15, 0.2) is 30.3 Å². The van der Waals surface area contributed by atoms with E-state index in [0.717, 1.165) is 5.39 Å². The highest BCUT2D eigenvalue weighted by atomic mass is 35.5. The molecule has 0 aliphatic rings. The molecule has 0 atom stereocenters. The first kappa shape index (κ1) is 9.80. The maximum Gasteiger partial charge on any atom is 0.335 e. The zero-order valence-corrected chi connectivity index (χ0v) is 8.32. The second kappa shape index (κ2) is 3.44. The Labute approximate surface area is 90.5 Å². The number of rotatable bonds is 1. The van der Waals surface area contributed by atoms with Gasteiger partial charge in [0.1, 0.15) is 5.75 Å². The molecular weight excluding hydrogens is 216 g/mol. The van der Waals surface area contributed by atoms with Crippen LogP contribution in [0.5, 0.6) is 5.75 Å². The molecule has 0 saturated carbocycles. The molecule has 2 rings (SSSR count). The number of benzene rings is 2. The Bertz CT molecular complexity index is 549. The van der Waals surface area contributed by atoms with E-state index in [1.54, 1.807) is 6.07 Å². The number of aromatic hydroxyl groups is 1. The summed E-state index contributed by atoms with van der Waals surface area (Å²) in [4.78, 5) is 10.7. The lowest BCUT2D eigenvalue weighted by atomic mass is 10.1. The second-order valence-corrected chi connectivity index (χ2v) is 3.58. The Kier molecular flexibility index (Phi) is 2.25. The summed E-state index contributed by atoms with van der Waals surface area (Å²) < 4.78 is 0. The predicted octanol–water partition coefficient (Wildman–Crippen LogP) is 2.90. The molecule has 2 N–H and O–H groups in total. The van der Waals surface area contributed by atoms with Crippen molar-refractivity contribution in [3.8, 4) is 5.75 Å². The minimum atomic E-state index is -1.00. The largest absolute Gasteiger partial charge is 0.508 e. The lowest BCUT2D eigenvalue weighted by Gasteiger charge is -2.03. The fourth-order valence-corrected chi connectivity index (χ4v) is 1.73. The summed E-state index contributed by atoms with van der Waals surface area (Å²) in [5.41, 5.74) is 0.171. The fraction of sp³-hybridized carbons (Fsp3) is 0. The Hall–Kier alpha value is -1.74. The molecule has 0 bridgehead atoms. The normalized spacial score (nSPS) is 10.5. The predicted molar refractivity (Wildman–Crippen MR) is 57.6 cm³/mol. The van der Waals surface area contributed by atoms with E-state index >= 15 is 0 Å². The van der Waals surface area contributed by atoms with Crippen molar-refractivity contribution in [3.05, 3.63) is 40.9 Å². The van der Waals surface area contributed by atoms with Gasteiger partial charge in [-0.1, -0.05) is 17.7 Å². The molecule has 4 heteroatoms. The van der Waals surface area contributed by atoms with Crippen molar-refractivity contribution in [2.45, 2.75) is 0 Å². The number of phenolic OH excluding ortho intramolecular Hbond substituents is 1. The molecule has 0 saturated heterocycles. The second-order valence-electron chi connectivity index (χ2n) is 3.17. The van der Waals surface area contributed by atoms with Gasteiger partial charge in [-0.3, -0.25) is 0 Å². The number of hydrogen-bond donors (Lipinski definition) is 2. The number of hydrogen-bond acceptors (Lipinski definition) is 2. The van der Waals surface area contributed by atoms with Crippen LogP contribution in [0.3, 0.4) is 0 Å². The maximum atomic E-state index is 10.7. The third-order valence-corrected chi connectivity index (χ3v) is 2.45. The minimum absolute atomic E-state index is 0.0232. The summed E-state index contributed by atoms with van der Waals surface area (Å²) in [7, 11) is 0. The molecule has 0 spiro atoms. The van der Waals surface area contributed by atoms with Crippen LogP contribution in [-0.2, 0) is 0 Å². The van der Waals surface area contributed by atoms with Crippen LogP contribution in [0.4, 0.5) is 0 Å². The zero-order chi connectivity index (χ0) is 11.0. The van der Waals surface area contributed by atoms with E-state index in [0.29, 0.717) is 10.4 Å². The molecule has 3 nitrogen and oxygen atoms in total. The molecule has 0 heterocycles. The SMILES string of the molecule is O=C(O)c1ccc2c(Cl)cc(O)cc2c1. The molecule has 0 amide bonds. The topological polar surface area (TPSA) is 57.5 Å². The number of phenols is 1. The summed E-state index contributed by atoms with van der Waals surface area (Å²) in [6.07, 6.45) is 0. The van der Waals surface area contributed by atoms with Crippen molar-refractivity contribution in [2.75, 3.05) is 0 Å². The van der Waals surface area contributed by atoms with Crippen LogP contribution in [0, 0.1) is 0 Å². The molecule has 0 aliphatic heterocycles. The van der Waals surface area contributed by atoms with E-state index in [9.17, 15) is 9.90 Å². The average Bonchev–Trinajstić information content (AvgIpc) is 2.16. The lowest BCUT2D eigenvalue weighted by molar-refractivity contribution is 0.0697. The monoisotopic (exact) mass is 222 g/mol. The fourth-order valence-electron chi connectivity index (χ4n) is 1.44. The average molecular weight is 223 g/mol. The molecule has 76 valence electrons. The van der Waals surface area contributed by atoms with Gasteiger partial charge < -0.3 is 10.2 Å². The van der Waals surface area contributed by atoms with Gasteiger partial charge in [-0.15, -0.1) is 0 Å². The van der Waals surface area contributed by atoms with Crippen LogP contribution < -0.4 is 0 Å². The van der Waals surface area contributed by atoms with Crippen molar-refractivity contribution in [1.82, 2.24) is 0 Å². The highest BCUT2D eigenvalue weighted by Crippen LogP contribution is 2.29. The lowest BCUT2D eigenvalue weighted by Crippen LogP contribution is -1.95. The Balaban J connectivity index is 2.76. The van der Waals surface area contributed by atoms with Crippen LogP contribution in [0.1, 0.15) is 10.4 Å². The number of aromatic carboxylic acids is 1. The van der Waals surface area contributed by atoms with Crippen LogP contribution in [0.25, 0.3) is 10.8 Å². The zero-order valence-electron chi connectivity index (χ0n) is 7.57. The maximum absolute atomic E-state index is 10.7. The van der Waals surface area contributed by atoms with Gasteiger partial charge in [-0.25, -0.2) is 4.79 Å². The highest BCUT2D eigenvalue weighted by molar-refractivity contribution is 6.35. The Morgan fingerprint density at radius 2 is 1.93 bits per heavy atom. The summed E-state index contributed by atoms with van der Waals surface area (Å²) in [5.74, 6) is -0.980. The molecule has 0 radical (unpaired) electrons. The molecule has 0 fully saturated rings. The molecule has 15 heavy (non-hydrogen) atoms. The van der Waals surface area contributed by atoms with Crippen molar-refractivity contribution < 1.29 is 15.0 Å². The van der Waals surface area contributed by atoms with E-state index in [4.69, 9.17) is 16.7 Å². The Morgan fingerprint density at radius 3 is 2.60 bits per heavy atom. The van der Waals surface area contributed by atoms with Gasteiger partial charge in [0.25, 0.3) is 0 Å². The number of fused-ring (bicyclic) bond motifs is 1. The summed E-state index contributed by atoms with van der Waals surface area (Å²) in [5, 5.41) is 19.8. The van der Waals surface area contributed by atoms with Gasteiger partial charge >= 0.3 is 5.97 Å².